The molecule has 1 atom stereocenters. The van der Waals surface area contributed by atoms with Crippen molar-refractivity contribution in [3.8, 4) is 0 Å². The fraction of sp³-hybridized carbons (Fsp3) is 0.364. The third kappa shape index (κ3) is 1.16. The molecule has 0 saturated carbocycles. The molecule has 0 fully saturated rings. The first-order chi connectivity index (χ1) is 5.83. The molecule has 63 valence electrons. The normalized spacial score (nSPS) is 23.8. The van der Waals surface area contributed by atoms with Crippen LogP contribution >= 0.6 is 11.8 Å². The maximum atomic E-state index is 2.30. The molecule has 2 aliphatic rings. The highest BCUT2D eigenvalue weighted by Crippen LogP contribution is 2.48. The topological polar surface area (TPSA) is 0 Å². The van der Waals surface area contributed by atoms with E-state index in [0.717, 1.165) is 5.92 Å². The van der Waals surface area contributed by atoms with Gasteiger partial charge in [0.25, 0.3) is 0 Å². The maximum absolute atomic E-state index is 2.30. The molecule has 0 aromatic carbocycles. The fourth-order valence-electron chi connectivity index (χ4n) is 1.52. The van der Waals surface area contributed by atoms with Gasteiger partial charge in [0, 0.05) is 0 Å². The summed E-state index contributed by atoms with van der Waals surface area (Å²) in [6, 6.07) is 0. The number of thioether (sulfide) groups is 1. The average molecular weight is 177 g/mol. The summed E-state index contributed by atoms with van der Waals surface area (Å²) in [5, 5.41) is 3.81. The van der Waals surface area contributed by atoms with Gasteiger partial charge in [0.2, 0.25) is 0 Å². The Kier molecular flexibility index (Phi) is 2.14. The third-order valence-electron chi connectivity index (χ3n) is 2.49. The molecule has 12 heavy (non-hydrogen) atoms. The molecule has 1 radical (unpaired) electrons. The molecule has 2 rings (SSSR count). The largest absolute Gasteiger partial charge is 0.120 e. The van der Waals surface area contributed by atoms with E-state index in [4.69, 9.17) is 0 Å². The zero-order valence-electron chi connectivity index (χ0n) is 7.50. The van der Waals surface area contributed by atoms with Crippen molar-refractivity contribution in [1.82, 2.24) is 0 Å². The number of rotatable bonds is 2. The number of allylic oxidation sites excluding steroid dienone is 4. The van der Waals surface area contributed by atoms with Crippen molar-refractivity contribution in [3.63, 3.8) is 0 Å². The molecule has 1 aliphatic heterocycles. The predicted molar refractivity (Wildman–Crippen MR) is 55.6 cm³/mol. The van der Waals surface area contributed by atoms with Crippen molar-refractivity contribution >= 4 is 11.8 Å². The number of fused-ring (bicyclic) bond motifs is 1. The second-order valence-electron chi connectivity index (χ2n) is 3.30. The van der Waals surface area contributed by atoms with E-state index >= 15 is 0 Å². The first kappa shape index (κ1) is 8.18. The van der Waals surface area contributed by atoms with Crippen molar-refractivity contribution < 1.29 is 0 Å². The Labute approximate surface area is 78.4 Å². The van der Waals surface area contributed by atoms with Gasteiger partial charge in [-0.25, -0.2) is 0 Å². The van der Waals surface area contributed by atoms with Gasteiger partial charge >= 0.3 is 0 Å². The summed E-state index contributed by atoms with van der Waals surface area (Å²) in [6.45, 7) is 4.55. The fourth-order valence-corrected chi connectivity index (χ4v) is 2.69. The van der Waals surface area contributed by atoms with Gasteiger partial charge in [-0.3, -0.25) is 0 Å². The summed E-state index contributed by atoms with van der Waals surface area (Å²) in [6.07, 6.45) is 7.80. The average Bonchev–Trinajstić information content (AvgIpc) is 2.62. The lowest BCUT2D eigenvalue weighted by Gasteiger charge is -2.16. The highest BCUT2D eigenvalue weighted by atomic mass is 32.2. The lowest BCUT2D eigenvalue weighted by molar-refractivity contribution is 0.644. The molecule has 1 heteroatoms. The molecular weight excluding hydrogens is 164 g/mol. The molecule has 0 aromatic heterocycles. The van der Waals surface area contributed by atoms with Crippen LogP contribution in [0.4, 0.5) is 0 Å². The summed E-state index contributed by atoms with van der Waals surface area (Å²) in [4.78, 5) is 0. The first-order valence-corrected chi connectivity index (χ1v) is 5.33. The Hall–Kier alpha value is -0.430. The van der Waals surface area contributed by atoms with Crippen LogP contribution in [0.2, 0.25) is 0 Å². The number of hydrogen-bond acceptors (Lipinski definition) is 1. The molecule has 0 bridgehead atoms. The first-order valence-electron chi connectivity index (χ1n) is 4.45. The highest BCUT2D eigenvalue weighted by Gasteiger charge is 2.28. The van der Waals surface area contributed by atoms with Crippen LogP contribution in [0, 0.1) is 11.2 Å². The smallest absolute Gasteiger partial charge is 0.0674 e. The van der Waals surface area contributed by atoms with Crippen LogP contribution < -0.4 is 0 Å². The minimum Gasteiger partial charge on any atom is -0.120 e. The molecule has 0 spiro atoms. The summed E-state index contributed by atoms with van der Waals surface area (Å²) < 4.78 is 0. The van der Waals surface area contributed by atoms with Crippen molar-refractivity contribution in [3.05, 3.63) is 40.0 Å². The summed E-state index contributed by atoms with van der Waals surface area (Å²) in [5.41, 5.74) is 2.88. The van der Waals surface area contributed by atoms with Gasteiger partial charge in [-0.1, -0.05) is 38.5 Å². The molecule has 0 nitrogen and oxygen atoms in total. The summed E-state index contributed by atoms with van der Waals surface area (Å²) >= 11 is 1.90. The van der Waals surface area contributed by atoms with Crippen molar-refractivity contribution in [2.75, 3.05) is 0 Å². The van der Waals surface area contributed by atoms with E-state index < -0.39 is 0 Å². The van der Waals surface area contributed by atoms with Gasteiger partial charge in [0.1, 0.15) is 0 Å². The Morgan fingerprint density at radius 3 is 3.08 bits per heavy atom. The SMILES string of the molecule is CCC(C)[C]1SC=C2C=CC=C12. The molecular formula is C11H13S. The van der Waals surface area contributed by atoms with Gasteiger partial charge < -0.3 is 0 Å². The van der Waals surface area contributed by atoms with Crippen molar-refractivity contribution in [2.24, 2.45) is 5.92 Å². The highest BCUT2D eigenvalue weighted by molar-refractivity contribution is 8.05. The molecule has 1 aliphatic carbocycles. The second-order valence-corrected chi connectivity index (χ2v) is 4.22. The number of hydrogen-bond donors (Lipinski definition) is 0. The van der Waals surface area contributed by atoms with E-state index in [2.05, 4.69) is 37.5 Å². The van der Waals surface area contributed by atoms with Crippen LogP contribution in [0.5, 0.6) is 0 Å². The monoisotopic (exact) mass is 177 g/mol. The van der Waals surface area contributed by atoms with Crippen molar-refractivity contribution in [1.29, 1.82) is 0 Å². The predicted octanol–water partition coefficient (Wildman–Crippen LogP) is 3.69. The summed E-state index contributed by atoms with van der Waals surface area (Å²) in [7, 11) is 0. The minimum atomic E-state index is 0.717. The standard InChI is InChI=1S/C11H13S/c1-3-8(2)11-10-6-4-5-9(10)7-12-11/h4-8H,3H2,1-2H3. The quantitative estimate of drug-likeness (QED) is 0.620. The minimum absolute atomic E-state index is 0.717. The Morgan fingerprint density at radius 1 is 1.50 bits per heavy atom. The molecule has 0 saturated heterocycles. The second kappa shape index (κ2) is 3.14. The van der Waals surface area contributed by atoms with Crippen molar-refractivity contribution in [2.45, 2.75) is 20.3 Å². The van der Waals surface area contributed by atoms with Crippen LogP contribution in [-0.2, 0) is 0 Å². The third-order valence-corrected chi connectivity index (χ3v) is 3.74. The van der Waals surface area contributed by atoms with Crippen LogP contribution in [0.3, 0.4) is 0 Å². The molecule has 0 aromatic rings. The Bertz CT molecular complexity index is 271. The Morgan fingerprint density at radius 2 is 2.33 bits per heavy atom. The van der Waals surface area contributed by atoms with E-state index in [0.29, 0.717) is 0 Å². The molecule has 0 N–H and O–H groups in total. The van der Waals surface area contributed by atoms with Gasteiger partial charge in [0.05, 0.1) is 5.25 Å². The Balaban J connectivity index is 2.16. The van der Waals surface area contributed by atoms with E-state index in [1.165, 1.54) is 17.6 Å². The summed E-state index contributed by atoms with van der Waals surface area (Å²) in [5.74, 6) is 0.717. The lowest BCUT2D eigenvalue weighted by Crippen LogP contribution is -2.03. The zero-order valence-corrected chi connectivity index (χ0v) is 8.32. The molecule has 1 heterocycles. The molecule has 0 amide bonds. The van der Waals surface area contributed by atoms with E-state index in [-0.39, 0.29) is 0 Å². The van der Waals surface area contributed by atoms with E-state index in [1.54, 1.807) is 5.25 Å². The van der Waals surface area contributed by atoms with Gasteiger partial charge in [-0.2, -0.15) is 0 Å². The van der Waals surface area contributed by atoms with Gasteiger partial charge in [0.15, 0.2) is 0 Å². The maximum Gasteiger partial charge on any atom is 0.0674 e. The van der Waals surface area contributed by atoms with Gasteiger partial charge in [-0.15, -0.1) is 11.8 Å². The van der Waals surface area contributed by atoms with Crippen LogP contribution in [0.15, 0.2) is 34.8 Å². The van der Waals surface area contributed by atoms with Gasteiger partial charge in [-0.05, 0) is 22.5 Å². The van der Waals surface area contributed by atoms with E-state index in [9.17, 15) is 0 Å². The van der Waals surface area contributed by atoms with Crippen LogP contribution in [0.1, 0.15) is 20.3 Å². The van der Waals surface area contributed by atoms with E-state index in [1.807, 2.05) is 11.8 Å². The van der Waals surface area contributed by atoms with Crippen LogP contribution in [0.25, 0.3) is 0 Å². The van der Waals surface area contributed by atoms with Crippen LogP contribution in [-0.4, -0.2) is 0 Å². The lowest BCUT2D eigenvalue weighted by atomic mass is 9.96. The zero-order chi connectivity index (χ0) is 8.55. The molecule has 1 unspecified atom stereocenters.